The number of aliphatic hydroxyl groups excluding tert-OH is 1. The number of carbonyl (C=O) groups excluding carboxylic acids is 2. The van der Waals surface area contributed by atoms with Crippen molar-refractivity contribution < 1.29 is 24.2 Å². The molecule has 0 bridgehead atoms. The van der Waals surface area contributed by atoms with Crippen LogP contribution in [0.15, 0.2) is 72.3 Å². The zero-order chi connectivity index (χ0) is 22.3. The zero-order valence-corrected chi connectivity index (χ0v) is 17.2. The number of hydrogen-bond donors (Lipinski definition) is 2. The van der Waals surface area contributed by atoms with Crippen molar-refractivity contribution in [1.82, 2.24) is 0 Å². The van der Waals surface area contributed by atoms with Crippen LogP contribution >= 0.6 is 23.2 Å². The largest absolute Gasteiger partial charge is 0.508 e. The molecule has 1 saturated heterocycles. The first-order valence-electron chi connectivity index (χ1n) is 9.09. The lowest BCUT2D eigenvalue weighted by atomic mass is 9.95. The number of ketones is 1. The van der Waals surface area contributed by atoms with Crippen molar-refractivity contribution >= 4 is 46.3 Å². The number of benzene rings is 3. The number of aromatic hydroxyl groups is 1. The van der Waals surface area contributed by atoms with Crippen molar-refractivity contribution in [2.75, 3.05) is 4.90 Å². The second kappa shape index (κ2) is 8.06. The minimum Gasteiger partial charge on any atom is -0.508 e. The van der Waals surface area contributed by atoms with Crippen molar-refractivity contribution in [3.8, 4) is 5.75 Å². The quantitative estimate of drug-likeness (QED) is 0.310. The van der Waals surface area contributed by atoms with E-state index in [1.807, 2.05) is 0 Å². The SMILES string of the molecule is O=C1C(=O)N(c2cccc(F)c2)C(c2ccc(O)cc2)/C1=C(\O)c1ccc(Cl)c(Cl)c1. The number of halogens is 3. The van der Waals surface area contributed by atoms with E-state index in [4.69, 9.17) is 23.2 Å². The van der Waals surface area contributed by atoms with Gasteiger partial charge in [-0.3, -0.25) is 14.5 Å². The summed E-state index contributed by atoms with van der Waals surface area (Å²) in [4.78, 5) is 27.0. The number of phenols is 1. The maximum Gasteiger partial charge on any atom is 0.300 e. The summed E-state index contributed by atoms with van der Waals surface area (Å²) in [6.07, 6.45) is 0. The number of phenolic OH excluding ortho intramolecular Hbond substituents is 1. The van der Waals surface area contributed by atoms with E-state index >= 15 is 0 Å². The van der Waals surface area contributed by atoms with Gasteiger partial charge >= 0.3 is 0 Å². The zero-order valence-electron chi connectivity index (χ0n) is 15.7. The van der Waals surface area contributed by atoms with E-state index in [2.05, 4.69) is 0 Å². The highest BCUT2D eigenvalue weighted by atomic mass is 35.5. The molecule has 1 unspecified atom stereocenters. The lowest BCUT2D eigenvalue weighted by Gasteiger charge is -2.25. The predicted octanol–water partition coefficient (Wildman–Crippen LogP) is 5.46. The van der Waals surface area contributed by atoms with E-state index in [1.54, 1.807) is 0 Å². The van der Waals surface area contributed by atoms with Gasteiger partial charge in [0.1, 0.15) is 17.3 Å². The van der Waals surface area contributed by atoms with Crippen LogP contribution in [0.1, 0.15) is 17.2 Å². The van der Waals surface area contributed by atoms with Crippen LogP contribution in [0.2, 0.25) is 10.0 Å². The van der Waals surface area contributed by atoms with Gasteiger partial charge in [0, 0.05) is 11.3 Å². The van der Waals surface area contributed by atoms with Crippen LogP contribution in [-0.2, 0) is 9.59 Å². The maximum atomic E-state index is 13.9. The minimum absolute atomic E-state index is 0.0176. The minimum atomic E-state index is -1.06. The number of nitrogens with zero attached hydrogens (tertiary/aromatic N) is 1. The molecule has 1 heterocycles. The fourth-order valence-corrected chi connectivity index (χ4v) is 3.79. The lowest BCUT2D eigenvalue weighted by molar-refractivity contribution is -0.132. The Morgan fingerprint density at radius 3 is 2.29 bits per heavy atom. The predicted molar refractivity (Wildman–Crippen MR) is 116 cm³/mol. The van der Waals surface area contributed by atoms with Crippen LogP contribution in [0.25, 0.3) is 5.76 Å². The van der Waals surface area contributed by atoms with E-state index in [0.717, 1.165) is 11.0 Å². The van der Waals surface area contributed by atoms with Gasteiger partial charge in [-0.05, 0) is 54.1 Å². The molecule has 1 atom stereocenters. The van der Waals surface area contributed by atoms with E-state index in [0.29, 0.717) is 5.56 Å². The van der Waals surface area contributed by atoms with Gasteiger partial charge in [-0.25, -0.2) is 4.39 Å². The number of carbonyl (C=O) groups is 2. The molecule has 2 N–H and O–H groups in total. The highest BCUT2D eigenvalue weighted by Gasteiger charge is 2.47. The van der Waals surface area contributed by atoms with Gasteiger partial charge < -0.3 is 10.2 Å². The molecule has 3 aromatic rings. The smallest absolute Gasteiger partial charge is 0.300 e. The molecule has 1 fully saturated rings. The van der Waals surface area contributed by atoms with Crippen molar-refractivity contribution in [1.29, 1.82) is 0 Å². The molecule has 4 rings (SSSR count). The van der Waals surface area contributed by atoms with E-state index in [1.165, 1.54) is 60.7 Å². The fraction of sp³-hybridized carbons (Fsp3) is 0.0435. The molecule has 3 aromatic carbocycles. The second-order valence-corrected chi connectivity index (χ2v) is 7.68. The van der Waals surface area contributed by atoms with Gasteiger partial charge in [0.15, 0.2) is 0 Å². The van der Waals surface area contributed by atoms with Gasteiger partial charge in [-0.2, -0.15) is 0 Å². The molecule has 31 heavy (non-hydrogen) atoms. The monoisotopic (exact) mass is 457 g/mol. The normalized spacial score (nSPS) is 17.9. The Morgan fingerprint density at radius 1 is 0.935 bits per heavy atom. The summed E-state index contributed by atoms with van der Waals surface area (Å²) in [5, 5.41) is 21.0. The topological polar surface area (TPSA) is 77.8 Å². The Bertz CT molecular complexity index is 1240. The summed E-state index contributed by atoms with van der Waals surface area (Å²) in [5.41, 5.74) is 0.574. The summed E-state index contributed by atoms with van der Waals surface area (Å²) in [6, 6.07) is 14.3. The van der Waals surface area contributed by atoms with Gasteiger partial charge in [0.05, 0.1) is 21.7 Å². The van der Waals surface area contributed by atoms with Crippen molar-refractivity contribution in [3.63, 3.8) is 0 Å². The van der Waals surface area contributed by atoms with E-state index in [9.17, 15) is 24.2 Å². The molecule has 156 valence electrons. The molecular formula is C23H14Cl2FNO4. The van der Waals surface area contributed by atoms with Gasteiger partial charge in [-0.15, -0.1) is 0 Å². The Hall–Kier alpha value is -3.35. The third kappa shape index (κ3) is 3.76. The summed E-state index contributed by atoms with van der Waals surface area (Å²) >= 11 is 12.0. The number of Topliss-reactive ketones (excluding diaryl/α,β-unsaturated/α-hetero) is 1. The Balaban J connectivity index is 1.96. The van der Waals surface area contributed by atoms with Crippen LogP contribution in [0.4, 0.5) is 10.1 Å². The number of anilines is 1. The molecule has 5 nitrogen and oxygen atoms in total. The van der Waals surface area contributed by atoms with Gasteiger partial charge in [-0.1, -0.05) is 41.4 Å². The molecule has 0 saturated carbocycles. The molecule has 0 spiro atoms. The molecular weight excluding hydrogens is 444 g/mol. The van der Waals surface area contributed by atoms with Crippen LogP contribution in [0.3, 0.4) is 0 Å². The highest BCUT2D eigenvalue weighted by molar-refractivity contribution is 6.51. The van der Waals surface area contributed by atoms with Crippen molar-refractivity contribution in [2.24, 2.45) is 0 Å². The van der Waals surface area contributed by atoms with Crippen molar-refractivity contribution in [3.05, 3.63) is 99.3 Å². The molecule has 0 radical (unpaired) electrons. The Morgan fingerprint density at radius 2 is 1.65 bits per heavy atom. The highest BCUT2D eigenvalue weighted by Crippen LogP contribution is 2.43. The third-order valence-electron chi connectivity index (χ3n) is 4.93. The van der Waals surface area contributed by atoms with Crippen LogP contribution in [-0.4, -0.2) is 21.9 Å². The average molecular weight is 458 g/mol. The van der Waals surface area contributed by atoms with Crippen LogP contribution in [0.5, 0.6) is 5.75 Å². The first kappa shape index (κ1) is 20.9. The molecule has 0 aliphatic carbocycles. The summed E-state index contributed by atoms with van der Waals surface area (Å²) in [5.74, 6) is -2.92. The number of amides is 1. The molecule has 1 amide bonds. The van der Waals surface area contributed by atoms with Crippen molar-refractivity contribution in [2.45, 2.75) is 6.04 Å². The standard InChI is InChI=1S/C23H14Cl2FNO4/c24-17-9-6-13(10-18(17)25)21(29)19-20(12-4-7-16(28)8-5-12)27(23(31)22(19)30)15-3-1-2-14(26)11-15/h1-11,20,28-29H/b21-19+. The summed E-state index contributed by atoms with van der Waals surface area (Å²) in [7, 11) is 0. The maximum absolute atomic E-state index is 13.9. The summed E-state index contributed by atoms with van der Waals surface area (Å²) in [6.45, 7) is 0. The summed E-state index contributed by atoms with van der Waals surface area (Å²) < 4.78 is 13.9. The molecule has 1 aliphatic rings. The Kier molecular flexibility index (Phi) is 5.43. The fourth-order valence-electron chi connectivity index (χ4n) is 3.50. The molecule has 1 aliphatic heterocycles. The average Bonchev–Trinajstić information content (AvgIpc) is 3.01. The number of aliphatic hydroxyl groups is 1. The first-order valence-corrected chi connectivity index (χ1v) is 9.84. The Labute approximate surface area is 186 Å². The molecule has 0 aromatic heterocycles. The number of hydrogen-bond acceptors (Lipinski definition) is 4. The molecule has 8 heteroatoms. The van der Waals surface area contributed by atoms with Crippen LogP contribution in [0, 0.1) is 5.82 Å². The van der Waals surface area contributed by atoms with Gasteiger partial charge in [0.25, 0.3) is 11.7 Å². The number of rotatable bonds is 3. The first-order chi connectivity index (χ1) is 14.8. The van der Waals surface area contributed by atoms with Gasteiger partial charge in [0.2, 0.25) is 0 Å². The second-order valence-electron chi connectivity index (χ2n) is 6.87. The van der Waals surface area contributed by atoms with Crippen LogP contribution < -0.4 is 4.90 Å². The third-order valence-corrected chi connectivity index (χ3v) is 5.67. The van der Waals surface area contributed by atoms with E-state index < -0.39 is 29.3 Å². The van der Waals surface area contributed by atoms with E-state index in [-0.39, 0.29) is 32.6 Å². The lowest BCUT2D eigenvalue weighted by Crippen LogP contribution is -2.29.